The van der Waals surface area contributed by atoms with Gasteiger partial charge in [-0.1, -0.05) is 12.1 Å². The summed E-state index contributed by atoms with van der Waals surface area (Å²) in [5, 5.41) is 5.15. The Labute approximate surface area is 159 Å². The molecule has 0 aliphatic heterocycles. The van der Waals surface area contributed by atoms with Crippen molar-refractivity contribution >= 4 is 18.0 Å². The van der Waals surface area contributed by atoms with Crippen LogP contribution in [0.4, 0.5) is 4.79 Å². The second-order valence-corrected chi connectivity index (χ2v) is 6.88. The second kappa shape index (κ2) is 10.4. The van der Waals surface area contributed by atoms with Gasteiger partial charge in [-0.05, 0) is 45.4 Å². The summed E-state index contributed by atoms with van der Waals surface area (Å²) in [5.74, 6) is -0.259. The van der Waals surface area contributed by atoms with Crippen LogP contribution in [0, 0.1) is 0 Å². The Bertz CT molecular complexity index is 637. The predicted molar refractivity (Wildman–Crippen MR) is 99.2 cm³/mol. The van der Waals surface area contributed by atoms with E-state index in [1.54, 1.807) is 40.0 Å². The van der Waals surface area contributed by atoms with Crippen molar-refractivity contribution in [3.8, 4) is 5.75 Å². The molecule has 8 heteroatoms. The zero-order valence-electron chi connectivity index (χ0n) is 16.5. The van der Waals surface area contributed by atoms with E-state index in [4.69, 9.17) is 14.2 Å². The maximum absolute atomic E-state index is 12.0. The third kappa shape index (κ3) is 9.48. The molecule has 0 spiro atoms. The lowest BCUT2D eigenvalue weighted by Crippen LogP contribution is -2.37. The summed E-state index contributed by atoms with van der Waals surface area (Å²) in [4.78, 5) is 35.2. The lowest BCUT2D eigenvalue weighted by molar-refractivity contribution is -0.154. The van der Waals surface area contributed by atoms with Gasteiger partial charge in [-0.2, -0.15) is 0 Å². The van der Waals surface area contributed by atoms with Crippen molar-refractivity contribution in [1.29, 1.82) is 0 Å². The lowest BCUT2D eigenvalue weighted by Gasteiger charge is -2.19. The van der Waals surface area contributed by atoms with Crippen LogP contribution in [0.15, 0.2) is 24.3 Å². The summed E-state index contributed by atoms with van der Waals surface area (Å²) >= 11 is 0. The van der Waals surface area contributed by atoms with E-state index in [1.807, 2.05) is 12.1 Å². The Morgan fingerprint density at radius 2 is 1.70 bits per heavy atom. The highest BCUT2D eigenvalue weighted by molar-refractivity contribution is 5.83. The Balaban J connectivity index is 2.28. The van der Waals surface area contributed by atoms with E-state index in [0.29, 0.717) is 6.54 Å². The van der Waals surface area contributed by atoms with Crippen molar-refractivity contribution < 1.29 is 28.6 Å². The molecule has 2 amide bonds. The number of carbonyl (C=O) groups excluding carboxylic acids is 3. The van der Waals surface area contributed by atoms with Crippen molar-refractivity contribution in [3.63, 3.8) is 0 Å². The average Bonchev–Trinajstić information content (AvgIpc) is 2.58. The first-order valence-electron chi connectivity index (χ1n) is 8.67. The molecule has 0 unspecified atom stereocenters. The molecule has 1 aromatic rings. The molecular weight excluding hydrogens is 352 g/mol. The molecule has 0 heterocycles. The summed E-state index contributed by atoms with van der Waals surface area (Å²) in [6.07, 6.45) is -1.60. The lowest BCUT2D eigenvalue weighted by atomic mass is 10.2. The quantitative estimate of drug-likeness (QED) is 0.670. The van der Waals surface area contributed by atoms with Gasteiger partial charge in [0.15, 0.2) is 6.10 Å². The van der Waals surface area contributed by atoms with Crippen LogP contribution in [-0.4, -0.2) is 43.3 Å². The molecule has 0 saturated heterocycles. The Morgan fingerprint density at radius 1 is 1.07 bits per heavy atom. The molecule has 0 aromatic heterocycles. The zero-order chi connectivity index (χ0) is 20.4. The third-order valence-electron chi connectivity index (χ3n) is 3.30. The van der Waals surface area contributed by atoms with Gasteiger partial charge in [0.2, 0.25) is 0 Å². The highest BCUT2D eigenvalue weighted by atomic mass is 16.6. The number of methoxy groups -OCH3 is 1. The van der Waals surface area contributed by atoms with Crippen molar-refractivity contribution in [2.24, 2.45) is 0 Å². The van der Waals surface area contributed by atoms with E-state index in [9.17, 15) is 14.4 Å². The van der Waals surface area contributed by atoms with Crippen LogP contribution in [0.3, 0.4) is 0 Å². The maximum atomic E-state index is 12.0. The van der Waals surface area contributed by atoms with Crippen LogP contribution < -0.4 is 15.4 Å². The molecule has 0 aliphatic carbocycles. The molecule has 0 radical (unpaired) electrons. The number of esters is 1. The molecular formula is C19H28N2O6. The standard InChI is InChI=1S/C19H28N2O6/c1-13(17(23)21-12-14-6-8-15(25-5)9-7-14)26-16(22)10-11-20-18(24)27-19(2,3)4/h6-9,13H,10-12H2,1-5H3,(H,20,24)(H,21,23)/t13-/m0/s1. The van der Waals surface area contributed by atoms with Crippen molar-refractivity contribution in [1.82, 2.24) is 10.6 Å². The van der Waals surface area contributed by atoms with Crippen LogP contribution in [0.25, 0.3) is 0 Å². The number of carbonyl (C=O) groups is 3. The SMILES string of the molecule is COc1ccc(CNC(=O)[C@H](C)OC(=O)CCNC(=O)OC(C)(C)C)cc1. The monoisotopic (exact) mass is 380 g/mol. The number of hydrogen-bond donors (Lipinski definition) is 2. The van der Waals surface area contributed by atoms with E-state index < -0.39 is 29.7 Å². The van der Waals surface area contributed by atoms with Crippen LogP contribution in [0.1, 0.15) is 39.7 Å². The van der Waals surface area contributed by atoms with Crippen LogP contribution >= 0.6 is 0 Å². The Kier molecular flexibility index (Phi) is 8.58. The van der Waals surface area contributed by atoms with Gasteiger partial charge in [0.05, 0.1) is 13.5 Å². The van der Waals surface area contributed by atoms with Crippen LogP contribution in [0.5, 0.6) is 5.75 Å². The summed E-state index contributed by atoms with van der Waals surface area (Å²) in [6.45, 7) is 7.09. The number of benzene rings is 1. The Hall–Kier alpha value is -2.77. The van der Waals surface area contributed by atoms with Gasteiger partial charge < -0.3 is 24.8 Å². The largest absolute Gasteiger partial charge is 0.497 e. The van der Waals surface area contributed by atoms with Gasteiger partial charge >= 0.3 is 12.1 Å². The first kappa shape index (κ1) is 22.3. The first-order valence-corrected chi connectivity index (χ1v) is 8.67. The fraction of sp³-hybridized carbons (Fsp3) is 0.526. The van der Waals surface area contributed by atoms with Gasteiger partial charge in [-0.25, -0.2) is 4.79 Å². The summed E-state index contributed by atoms with van der Waals surface area (Å²) in [5.41, 5.74) is 0.283. The normalized spacial score (nSPS) is 11.9. The molecule has 1 aromatic carbocycles. The number of alkyl carbamates (subject to hydrolysis) is 1. The molecule has 1 rings (SSSR count). The maximum Gasteiger partial charge on any atom is 0.407 e. The minimum Gasteiger partial charge on any atom is -0.497 e. The van der Waals surface area contributed by atoms with Crippen LogP contribution in [0.2, 0.25) is 0 Å². The van der Waals surface area contributed by atoms with E-state index >= 15 is 0 Å². The van der Waals surface area contributed by atoms with Gasteiger partial charge in [0.25, 0.3) is 5.91 Å². The number of rotatable bonds is 8. The van der Waals surface area contributed by atoms with Crippen molar-refractivity contribution in [2.45, 2.75) is 52.4 Å². The number of nitrogens with one attached hydrogen (secondary N) is 2. The van der Waals surface area contributed by atoms with E-state index in [0.717, 1.165) is 11.3 Å². The molecule has 0 saturated carbocycles. The topological polar surface area (TPSA) is 103 Å². The molecule has 27 heavy (non-hydrogen) atoms. The van der Waals surface area contributed by atoms with E-state index in [-0.39, 0.29) is 13.0 Å². The highest BCUT2D eigenvalue weighted by Crippen LogP contribution is 2.11. The fourth-order valence-electron chi connectivity index (χ4n) is 1.97. The average molecular weight is 380 g/mol. The molecule has 8 nitrogen and oxygen atoms in total. The van der Waals surface area contributed by atoms with Crippen LogP contribution in [-0.2, 0) is 25.6 Å². The molecule has 0 bridgehead atoms. The fourth-order valence-corrected chi connectivity index (χ4v) is 1.97. The molecule has 2 N–H and O–H groups in total. The van der Waals surface area contributed by atoms with Crippen molar-refractivity contribution in [2.75, 3.05) is 13.7 Å². The van der Waals surface area contributed by atoms with Gasteiger partial charge in [-0.3, -0.25) is 9.59 Å². The highest BCUT2D eigenvalue weighted by Gasteiger charge is 2.19. The Morgan fingerprint density at radius 3 is 2.26 bits per heavy atom. The number of ether oxygens (including phenoxy) is 3. The minimum atomic E-state index is -0.933. The molecule has 0 fully saturated rings. The molecule has 150 valence electrons. The zero-order valence-corrected chi connectivity index (χ0v) is 16.5. The van der Waals surface area contributed by atoms with E-state index in [1.165, 1.54) is 6.92 Å². The summed E-state index contributed by atoms with van der Waals surface area (Å²) in [6, 6.07) is 7.25. The van der Waals surface area contributed by atoms with Gasteiger partial charge in [0.1, 0.15) is 11.4 Å². The minimum absolute atomic E-state index is 0.0602. The van der Waals surface area contributed by atoms with Gasteiger partial charge in [0, 0.05) is 13.1 Å². The van der Waals surface area contributed by atoms with Gasteiger partial charge in [-0.15, -0.1) is 0 Å². The first-order chi connectivity index (χ1) is 12.6. The van der Waals surface area contributed by atoms with E-state index in [2.05, 4.69) is 10.6 Å². The third-order valence-corrected chi connectivity index (χ3v) is 3.30. The smallest absolute Gasteiger partial charge is 0.407 e. The number of hydrogen-bond acceptors (Lipinski definition) is 6. The molecule has 1 atom stereocenters. The summed E-state index contributed by atoms with van der Waals surface area (Å²) < 4.78 is 15.2. The second-order valence-electron chi connectivity index (χ2n) is 6.88. The molecule has 0 aliphatic rings. The predicted octanol–water partition coefficient (Wildman–Crippen LogP) is 2.16. The summed E-state index contributed by atoms with van der Waals surface area (Å²) in [7, 11) is 1.58. The number of amides is 2. The van der Waals surface area contributed by atoms with Crippen molar-refractivity contribution in [3.05, 3.63) is 29.8 Å².